The molecule has 1 aliphatic heterocycles. The Balaban J connectivity index is 1.77. The zero-order chi connectivity index (χ0) is 15.5. The third-order valence-corrected chi connectivity index (χ3v) is 3.86. The molecule has 0 fully saturated rings. The van der Waals surface area contributed by atoms with Gasteiger partial charge in [-0.2, -0.15) is 0 Å². The number of halogens is 2. The minimum atomic E-state index is -0.522. The maximum atomic E-state index is 13.6. The first-order chi connectivity index (χ1) is 10.6. The SMILES string of the molecule is O=C(OCc1ccccc1)N1CCOc2c(Br)cc(F)cc21. The number of anilines is 1. The number of nitrogens with zero attached hydrogens (tertiary/aromatic N) is 1. The van der Waals surface area contributed by atoms with Crippen molar-refractivity contribution in [3.8, 4) is 5.75 Å². The second-order valence-electron chi connectivity index (χ2n) is 4.78. The third-order valence-electron chi connectivity index (χ3n) is 3.27. The number of carbonyl (C=O) groups excluding carboxylic acids is 1. The van der Waals surface area contributed by atoms with E-state index in [9.17, 15) is 9.18 Å². The number of rotatable bonds is 2. The highest BCUT2D eigenvalue weighted by atomic mass is 79.9. The molecule has 2 aromatic rings. The highest BCUT2D eigenvalue weighted by Crippen LogP contribution is 2.39. The Bertz CT molecular complexity index is 693. The molecule has 1 aliphatic rings. The van der Waals surface area contributed by atoms with Crippen LogP contribution in [0.15, 0.2) is 46.9 Å². The Morgan fingerprint density at radius 1 is 1.32 bits per heavy atom. The molecule has 1 amide bonds. The molecule has 0 aromatic heterocycles. The van der Waals surface area contributed by atoms with E-state index >= 15 is 0 Å². The lowest BCUT2D eigenvalue weighted by molar-refractivity contribution is 0.144. The summed E-state index contributed by atoms with van der Waals surface area (Å²) in [7, 11) is 0. The second kappa shape index (κ2) is 6.36. The van der Waals surface area contributed by atoms with Crippen LogP contribution in [-0.2, 0) is 11.3 Å². The van der Waals surface area contributed by atoms with Crippen molar-refractivity contribution in [2.75, 3.05) is 18.1 Å². The summed E-state index contributed by atoms with van der Waals surface area (Å²) in [6.07, 6.45) is -0.522. The summed E-state index contributed by atoms with van der Waals surface area (Å²) in [4.78, 5) is 13.7. The van der Waals surface area contributed by atoms with Crippen molar-refractivity contribution < 1.29 is 18.7 Å². The molecule has 0 spiro atoms. The van der Waals surface area contributed by atoms with Gasteiger partial charge in [0.2, 0.25) is 0 Å². The van der Waals surface area contributed by atoms with Crippen molar-refractivity contribution in [3.63, 3.8) is 0 Å². The van der Waals surface area contributed by atoms with Crippen LogP contribution in [0.2, 0.25) is 0 Å². The first-order valence-electron chi connectivity index (χ1n) is 6.75. The normalized spacial score (nSPS) is 13.3. The van der Waals surface area contributed by atoms with E-state index < -0.39 is 11.9 Å². The van der Waals surface area contributed by atoms with Gasteiger partial charge in [0.25, 0.3) is 0 Å². The molecule has 114 valence electrons. The molecule has 0 bridgehead atoms. The lowest BCUT2D eigenvalue weighted by atomic mass is 10.2. The highest BCUT2D eigenvalue weighted by Gasteiger charge is 2.27. The lowest BCUT2D eigenvalue weighted by Crippen LogP contribution is -2.38. The largest absolute Gasteiger partial charge is 0.488 e. The average molecular weight is 366 g/mol. The summed E-state index contributed by atoms with van der Waals surface area (Å²) in [5.41, 5.74) is 1.26. The lowest BCUT2D eigenvalue weighted by Gasteiger charge is -2.29. The Hall–Kier alpha value is -2.08. The van der Waals surface area contributed by atoms with Crippen LogP contribution in [0, 0.1) is 5.82 Å². The molecular formula is C16H13BrFNO3. The van der Waals surface area contributed by atoms with Crippen LogP contribution in [0.5, 0.6) is 5.75 Å². The molecule has 1 heterocycles. The van der Waals surface area contributed by atoms with Gasteiger partial charge in [-0.05, 0) is 27.6 Å². The topological polar surface area (TPSA) is 38.8 Å². The number of amides is 1. The van der Waals surface area contributed by atoms with Crippen LogP contribution in [-0.4, -0.2) is 19.2 Å². The number of benzene rings is 2. The van der Waals surface area contributed by atoms with E-state index in [1.807, 2.05) is 30.3 Å². The van der Waals surface area contributed by atoms with E-state index in [2.05, 4.69) is 15.9 Å². The van der Waals surface area contributed by atoms with Crippen molar-refractivity contribution in [2.45, 2.75) is 6.61 Å². The number of hydrogen-bond acceptors (Lipinski definition) is 3. The second-order valence-corrected chi connectivity index (χ2v) is 5.63. The van der Waals surface area contributed by atoms with Crippen LogP contribution < -0.4 is 9.64 Å². The standard InChI is InChI=1S/C16H13BrFNO3/c17-13-8-12(18)9-14-15(13)21-7-6-19(14)16(20)22-10-11-4-2-1-3-5-11/h1-5,8-9H,6-7,10H2. The zero-order valence-corrected chi connectivity index (χ0v) is 13.2. The molecule has 0 saturated carbocycles. The van der Waals surface area contributed by atoms with Gasteiger partial charge in [-0.3, -0.25) is 4.90 Å². The molecule has 0 radical (unpaired) electrons. The summed E-state index contributed by atoms with van der Waals surface area (Å²) in [6.45, 7) is 0.817. The van der Waals surface area contributed by atoms with Crippen molar-refractivity contribution in [1.82, 2.24) is 0 Å². The molecule has 0 atom stereocenters. The molecule has 2 aromatic carbocycles. The predicted octanol–water partition coefficient (Wildman–Crippen LogP) is 4.12. The van der Waals surface area contributed by atoms with Gasteiger partial charge < -0.3 is 9.47 Å². The Morgan fingerprint density at radius 3 is 2.86 bits per heavy atom. The summed E-state index contributed by atoms with van der Waals surface area (Å²) < 4.78 is 24.8. The predicted molar refractivity (Wildman–Crippen MR) is 83.6 cm³/mol. The van der Waals surface area contributed by atoms with Crippen molar-refractivity contribution in [2.24, 2.45) is 0 Å². The number of carbonyl (C=O) groups is 1. The Kier molecular flexibility index (Phi) is 4.29. The summed E-state index contributed by atoms with van der Waals surface area (Å²) in [5.74, 6) is 0.00120. The van der Waals surface area contributed by atoms with E-state index in [1.54, 1.807) is 0 Å². The minimum Gasteiger partial charge on any atom is -0.488 e. The molecule has 3 rings (SSSR count). The first kappa shape index (κ1) is 14.8. The monoisotopic (exact) mass is 365 g/mol. The molecule has 0 aliphatic carbocycles. The molecule has 6 heteroatoms. The smallest absolute Gasteiger partial charge is 0.414 e. The van der Waals surface area contributed by atoms with Gasteiger partial charge in [0.15, 0.2) is 5.75 Å². The number of fused-ring (bicyclic) bond motifs is 1. The average Bonchev–Trinajstić information content (AvgIpc) is 2.53. The maximum Gasteiger partial charge on any atom is 0.414 e. The minimum absolute atomic E-state index is 0.169. The maximum absolute atomic E-state index is 13.6. The highest BCUT2D eigenvalue weighted by molar-refractivity contribution is 9.10. The van der Waals surface area contributed by atoms with Gasteiger partial charge in [0.1, 0.15) is 19.0 Å². The van der Waals surface area contributed by atoms with Crippen LogP contribution in [0.1, 0.15) is 5.56 Å². The van der Waals surface area contributed by atoms with E-state index in [0.29, 0.717) is 29.1 Å². The van der Waals surface area contributed by atoms with Crippen LogP contribution >= 0.6 is 15.9 Å². The van der Waals surface area contributed by atoms with Crippen LogP contribution in [0.25, 0.3) is 0 Å². The Labute approximate surface area is 135 Å². The van der Waals surface area contributed by atoms with Crippen molar-refractivity contribution in [3.05, 3.63) is 58.3 Å². The van der Waals surface area contributed by atoms with E-state index in [-0.39, 0.29) is 6.61 Å². The quantitative estimate of drug-likeness (QED) is 0.803. The fourth-order valence-electron chi connectivity index (χ4n) is 2.24. The zero-order valence-electron chi connectivity index (χ0n) is 11.6. The van der Waals surface area contributed by atoms with Crippen LogP contribution in [0.3, 0.4) is 0 Å². The fraction of sp³-hybridized carbons (Fsp3) is 0.188. The van der Waals surface area contributed by atoms with Gasteiger partial charge in [-0.15, -0.1) is 0 Å². The molecule has 0 saturated heterocycles. The van der Waals surface area contributed by atoms with Crippen LogP contribution in [0.4, 0.5) is 14.9 Å². The molecular weight excluding hydrogens is 353 g/mol. The summed E-state index contributed by atoms with van der Waals surface area (Å²) in [5, 5.41) is 0. The van der Waals surface area contributed by atoms with Gasteiger partial charge in [0.05, 0.1) is 16.7 Å². The Morgan fingerprint density at radius 2 is 2.09 bits per heavy atom. The van der Waals surface area contributed by atoms with Gasteiger partial charge in [-0.1, -0.05) is 30.3 Å². The van der Waals surface area contributed by atoms with Gasteiger partial charge >= 0.3 is 6.09 Å². The van der Waals surface area contributed by atoms with Gasteiger partial charge in [-0.25, -0.2) is 9.18 Å². The van der Waals surface area contributed by atoms with Crippen molar-refractivity contribution in [1.29, 1.82) is 0 Å². The first-order valence-corrected chi connectivity index (χ1v) is 7.54. The molecule has 0 N–H and O–H groups in total. The third kappa shape index (κ3) is 3.06. The van der Waals surface area contributed by atoms with E-state index in [4.69, 9.17) is 9.47 Å². The van der Waals surface area contributed by atoms with Gasteiger partial charge in [0, 0.05) is 6.07 Å². The van der Waals surface area contributed by atoms with Crippen molar-refractivity contribution >= 4 is 27.7 Å². The molecule has 22 heavy (non-hydrogen) atoms. The number of ether oxygens (including phenoxy) is 2. The molecule has 0 unspecified atom stereocenters. The summed E-state index contributed by atoms with van der Waals surface area (Å²) >= 11 is 3.24. The molecule has 4 nitrogen and oxygen atoms in total. The fourth-order valence-corrected chi connectivity index (χ4v) is 2.77. The van der Waals surface area contributed by atoms with E-state index in [1.165, 1.54) is 17.0 Å². The number of hydrogen-bond donors (Lipinski definition) is 0. The summed E-state index contributed by atoms with van der Waals surface area (Å²) in [6, 6.07) is 12.0. The van der Waals surface area contributed by atoms with E-state index in [0.717, 1.165) is 5.56 Å².